The summed E-state index contributed by atoms with van der Waals surface area (Å²) in [7, 11) is 0. The van der Waals surface area contributed by atoms with Crippen molar-refractivity contribution in [1.82, 2.24) is 0 Å². The predicted molar refractivity (Wildman–Crippen MR) is 135 cm³/mol. The number of rotatable bonds is 4. The largest absolute Gasteiger partial charge is 0.507 e. The molecule has 0 aliphatic carbocycles. The van der Waals surface area contributed by atoms with Crippen LogP contribution in [0.5, 0.6) is 5.75 Å². The maximum atomic E-state index is 12.6. The predicted octanol–water partition coefficient (Wildman–Crippen LogP) is 5.70. The molecule has 6 nitrogen and oxygen atoms in total. The van der Waals surface area contributed by atoms with E-state index >= 15 is 0 Å². The van der Waals surface area contributed by atoms with Gasteiger partial charge in [-0.3, -0.25) is 9.59 Å². The van der Waals surface area contributed by atoms with Crippen molar-refractivity contribution in [3.05, 3.63) is 63.6 Å². The molecule has 1 amide bonds. The molecule has 2 aromatic rings. The first-order valence-corrected chi connectivity index (χ1v) is 11.5. The van der Waals surface area contributed by atoms with Crippen LogP contribution in [0.3, 0.4) is 0 Å². The molecule has 0 fully saturated rings. The van der Waals surface area contributed by atoms with Crippen molar-refractivity contribution >= 4 is 40.6 Å². The maximum absolute atomic E-state index is 12.6. The van der Waals surface area contributed by atoms with E-state index in [2.05, 4.69) is 10.3 Å². The number of hydrogen-bond donors (Lipinski definition) is 3. The minimum Gasteiger partial charge on any atom is -0.507 e. The zero-order chi connectivity index (χ0) is 24.6. The van der Waals surface area contributed by atoms with E-state index in [0.29, 0.717) is 21.4 Å². The quantitative estimate of drug-likeness (QED) is 0.500. The Bertz CT molecular complexity index is 1120. The van der Waals surface area contributed by atoms with Gasteiger partial charge < -0.3 is 15.5 Å². The van der Waals surface area contributed by atoms with Gasteiger partial charge in [0.1, 0.15) is 5.75 Å². The van der Waals surface area contributed by atoms with E-state index in [4.69, 9.17) is 5.11 Å². The SMILES string of the molecule is CC(C)(C)c1cc(/C=C2\SC(Nc3ccc(CC(=O)O)cc3)=NC2=O)cc(C(C)(C)C)c1O. The second-order valence-corrected chi connectivity index (χ2v) is 11.2. The Morgan fingerprint density at radius 1 is 1.03 bits per heavy atom. The van der Waals surface area contributed by atoms with Gasteiger partial charge in [-0.05, 0) is 64.1 Å². The summed E-state index contributed by atoms with van der Waals surface area (Å²) in [6.45, 7) is 12.3. The molecule has 7 heteroatoms. The van der Waals surface area contributed by atoms with Crippen LogP contribution in [0.1, 0.15) is 63.8 Å². The zero-order valence-corrected chi connectivity index (χ0v) is 20.6. The minimum atomic E-state index is -0.884. The molecular formula is C26H30N2O4S. The molecule has 0 saturated carbocycles. The summed E-state index contributed by atoms with van der Waals surface area (Å²) >= 11 is 1.25. The van der Waals surface area contributed by atoms with Crippen LogP contribution in [0.2, 0.25) is 0 Å². The molecule has 0 atom stereocenters. The van der Waals surface area contributed by atoms with Crippen molar-refractivity contribution in [3.63, 3.8) is 0 Å². The van der Waals surface area contributed by atoms with E-state index in [1.54, 1.807) is 24.3 Å². The number of anilines is 1. The van der Waals surface area contributed by atoms with Crippen LogP contribution in [0.25, 0.3) is 6.08 Å². The maximum Gasteiger partial charge on any atom is 0.307 e. The van der Waals surface area contributed by atoms with Crippen LogP contribution in [-0.2, 0) is 26.8 Å². The lowest BCUT2D eigenvalue weighted by Gasteiger charge is -2.28. The van der Waals surface area contributed by atoms with Gasteiger partial charge in [0.2, 0.25) is 0 Å². The number of carboxylic acids is 1. The molecule has 2 aromatic carbocycles. The zero-order valence-electron chi connectivity index (χ0n) is 19.8. The Labute approximate surface area is 198 Å². The Balaban J connectivity index is 1.85. The summed E-state index contributed by atoms with van der Waals surface area (Å²) in [6.07, 6.45) is 1.77. The second-order valence-electron chi connectivity index (χ2n) is 10.2. The number of amidine groups is 1. The first-order valence-electron chi connectivity index (χ1n) is 10.7. The molecule has 0 saturated heterocycles. The van der Waals surface area contributed by atoms with Gasteiger partial charge in [0.05, 0.1) is 11.3 Å². The molecule has 3 rings (SSSR count). The fraction of sp³-hybridized carbons (Fsp3) is 0.346. The molecule has 0 bridgehead atoms. The second kappa shape index (κ2) is 9.06. The van der Waals surface area contributed by atoms with Gasteiger partial charge in [0, 0.05) is 16.8 Å². The lowest BCUT2D eigenvalue weighted by molar-refractivity contribution is -0.136. The number of benzene rings is 2. The number of carbonyl (C=O) groups excluding carboxylic acids is 1. The van der Waals surface area contributed by atoms with Crippen molar-refractivity contribution in [2.45, 2.75) is 58.8 Å². The number of nitrogens with one attached hydrogen (secondary N) is 1. The monoisotopic (exact) mass is 466 g/mol. The lowest BCUT2D eigenvalue weighted by Crippen LogP contribution is -2.17. The highest BCUT2D eigenvalue weighted by molar-refractivity contribution is 8.18. The molecule has 3 N–H and O–H groups in total. The van der Waals surface area contributed by atoms with Crippen LogP contribution in [0, 0.1) is 0 Å². The summed E-state index contributed by atoms with van der Waals surface area (Å²) in [6, 6.07) is 10.8. The Kier molecular flexibility index (Phi) is 6.75. The molecular weight excluding hydrogens is 436 g/mol. The molecule has 0 spiro atoms. The summed E-state index contributed by atoms with van der Waals surface area (Å²) in [5.74, 6) is -0.912. The van der Waals surface area contributed by atoms with Crippen molar-refractivity contribution in [2.24, 2.45) is 4.99 Å². The summed E-state index contributed by atoms with van der Waals surface area (Å²) < 4.78 is 0. The molecule has 1 aliphatic heterocycles. The van der Waals surface area contributed by atoms with Crippen LogP contribution < -0.4 is 5.32 Å². The van der Waals surface area contributed by atoms with E-state index in [-0.39, 0.29) is 23.2 Å². The third kappa shape index (κ3) is 6.05. The van der Waals surface area contributed by atoms with Gasteiger partial charge >= 0.3 is 5.97 Å². The molecule has 0 aromatic heterocycles. The molecule has 0 radical (unpaired) electrons. The van der Waals surface area contributed by atoms with Gasteiger partial charge in [-0.1, -0.05) is 53.7 Å². The van der Waals surface area contributed by atoms with E-state index in [1.165, 1.54) is 11.8 Å². The van der Waals surface area contributed by atoms with E-state index in [9.17, 15) is 14.7 Å². The summed E-state index contributed by atoms with van der Waals surface area (Å²) in [5.41, 5.74) is 3.40. The Morgan fingerprint density at radius 3 is 2.06 bits per heavy atom. The number of aromatic hydroxyl groups is 1. The number of thioether (sulfide) groups is 1. The lowest BCUT2D eigenvalue weighted by atomic mass is 9.78. The first-order chi connectivity index (χ1) is 15.2. The summed E-state index contributed by atoms with van der Waals surface area (Å²) in [5, 5.41) is 23.4. The number of aliphatic carboxylic acids is 1. The fourth-order valence-corrected chi connectivity index (χ4v) is 4.34. The van der Waals surface area contributed by atoms with E-state index in [0.717, 1.165) is 22.4 Å². The Morgan fingerprint density at radius 2 is 1.58 bits per heavy atom. The first kappa shape index (κ1) is 24.6. The van der Waals surface area contributed by atoms with Gasteiger partial charge in [-0.2, -0.15) is 4.99 Å². The standard InChI is InChI=1S/C26H30N2O4S/c1-25(2,3)18-11-16(12-19(22(18)31)26(4,5)6)13-20-23(32)28-24(33-20)27-17-9-7-15(8-10-17)14-21(29)30/h7-13,31H,14H2,1-6H3,(H,29,30)(H,27,28,32)/b20-13-. The topological polar surface area (TPSA) is 99.0 Å². The van der Waals surface area contributed by atoms with Crippen LogP contribution in [0.15, 0.2) is 46.3 Å². The van der Waals surface area contributed by atoms with Gasteiger partial charge in [0.15, 0.2) is 5.17 Å². The number of aliphatic imine (C=N–C) groups is 1. The highest BCUT2D eigenvalue weighted by Crippen LogP contribution is 2.41. The molecule has 33 heavy (non-hydrogen) atoms. The third-order valence-electron chi connectivity index (χ3n) is 5.23. The molecule has 1 aliphatic rings. The van der Waals surface area contributed by atoms with Crippen LogP contribution in [0.4, 0.5) is 5.69 Å². The third-order valence-corrected chi connectivity index (χ3v) is 6.13. The number of phenolic OH excluding ortho intramolecular Hbond substituents is 1. The average molecular weight is 467 g/mol. The average Bonchev–Trinajstić information content (AvgIpc) is 3.01. The van der Waals surface area contributed by atoms with Crippen LogP contribution in [-0.4, -0.2) is 27.3 Å². The van der Waals surface area contributed by atoms with Gasteiger partial charge in [-0.15, -0.1) is 0 Å². The van der Waals surface area contributed by atoms with Crippen molar-refractivity contribution in [2.75, 3.05) is 5.32 Å². The normalized spacial score (nSPS) is 15.6. The minimum absolute atomic E-state index is 0.0406. The number of phenols is 1. The smallest absolute Gasteiger partial charge is 0.307 e. The highest BCUT2D eigenvalue weighted by Gasteiger charge is 2.27. The van der Waals surface area contributed by atoms with Crippen molar-refractivity contribution in [3.8, 4) is 5.75 Å². The van der Waals surface area contributed by atoms with Crippen molar-refractivity contribution in [1.29, 1.82) is 0 Å². The fourth-order valence-electron chi connectivity index (χ4n) is 3.50. The van der Waals surface area contributed by atoms with Crippen molar-refractivity contribution < 1.29 is 19.8 Å². The molecule has 174 valence electrons. The number of carboxylic acid groups (broad SMARTS) is 1. The summed E-state index contributed by atoms with van der Waals surface area (Å²) in [4.78, 5) is 28.0. The van der Waals surface area contributed by atoms with E-state index < -0.39 is 5.97 Å². The highest BCUT2D eigenvalue weighted by atomic mass is 32.2. The molecule has 1 heterocycles. The number of carbonyl (C=O) groups is 2. The number of nitrogens with zero attached hydrogens (tertiary/aromatic N) is 1. The number of hydrogen-bond acceptors (Lipinski definition) is 5. The Hall–Kier alpha value is -3.06. The number of amides is 1. The van der Waals surface area contributed by atoms with Crippen LogP contribution >= 0.6 is 11.8 Å². The van der Waals surface area contributed by atoms with Gasteiger partial charge in [-0.25, -0.2) is 0 Å². The molecule has 0 unspecified atom stereocenters. The van der Waals surface area contributed by atoms with E-state index in [1.807, 2.05) is 59.8 Å². The van der Waals surface area contributed by atoms with Gasteiger partial charge in [0.25, 0.3) is 5.91 Å².